The van der Waals surface area contributed by atoms with Gasteiger partial charge in [-0.3, -0.25) is 9.78 Å². The first-order valence-corrected chi connectivity index (χ1v) is 12.2. The van der Waals surface area contributed by atoms with Crippen LogP contribution in [-0.2, 0) is 21.1 Å². The summed E-state index contributed by atoms with van der Waals surface area (Å²) in [6, 6.07) is 12.8. The zero-order valence-electron chi connectivity index (χ0n) is 15.7. The lowest BCUT2D eigenvalue weighted by molar-refractivity contribution is -0.144. The second-order valence-electron chi connectivity index (χ2n) is 7.16. The number of aliphatic carboxylic acids is 1. The summed E-state index contributed by atoms with van der Waals surface area (Å²) < 4.78 is 25.5. The number of pyridine rings is 1. The zero-order valence-corrected chi connectivity index (χ0v) is 17.3. The lowest BCUT2D eigenvalue weighted by Gasteiger charge is -2.28. The topological polar surface area (TPSA) is 84.3 Å². The number of rotatable bonds is 8. The molecule has 1 fully saturated rings. The molecule has 1 aliphatic carbocycles. The Kier molecular flexibility index (Phi) is 7.13. The van der Waals surface area contributed by atoms with E-state index in [1.165, 1.54) is 0 Å². The van der Waals surface area contributed by atoms with E-state index >= 15 is 0 Å². The van der Waals surface area contributed by atoms with Crippen LogP contribution in [0, 0.1) is 11.8 Å². The van der Waals surface area contributed by atoms with Crippen molar-refractivity contribution in [2.45, 2.75) is 41.9 Å². The maximum absolute atomic E-state index is 12.8. The van der Waals surface area contributed by atoms with Crippen LogP contribution in [0.15, 0.2) is 58.5 Å². The Morgan fingerprint density at radius 3 is 2.54 bits per heavy atom. The van der Waals surface area contributed by atoms with Crippen molar-refractivity contribution in [3.63, 3.8) is 0 Å². The molecular weight excluding hydrogens is 394 g/mol. The van der Waals surface area contributed by atoms with Crippen molar-refractivity contribution in [2.24, 2.45) is 11.8 Å². The lowest BCUT2D eigenvalue weighted by atomic mass is 9.80. The molecule has 150 valence electrons. The van der Waals surface area contributed by atoms with Crippen molar-refractivity contribution < 1.29 is 18.3 Å². The fraction of sp³-hybridized carbons (Fsp3) is 0.429. The second kappa shape index (κ2) is 9.56. The van der Waals surface area contributed by atoms with Gasteiger partial charge in [0.2, 0.25) is 0 Å². The molecule has 1 heterocycles. The Bertz CT molecular complexity index is 882. The van der Waals surface area contributed by atoms with E-state index in [1.807, 2.05) is 30.3 Å². The summed E-state index contributed by atoms with van der Waals surface area (Å²) in [6.07, 6.45) is 5.62. The molecule has 3 rings (SSSR count). The van der Waals surface area contributed by atoms with Gasteiger partial charge in [-0.05, 0) is 61.6 Å². The predicted molar refractivity (Wildman–Crippen MR) is 110 cm³/mol. The summed E-state index contributed by atoms with van der Waals surface area (Å²) in [6.45, 7) is 0. The van der Waals surface area contributed by atoms with Crippen LogP contribution < -0.4 is 0 Å². The molecule has 1 aromatic heterocycles. The minimum atomic E-state index is -3.49. The van der Waals surface area contributed by atoms with Crippen LogP contribution in [0.5, 0.6) is 0 Å². The highest BCUT2D eigenvalue weighted by Crippen LogP contribution is 2.33. The number of aryl methyl sites for hydroxylation is 1. The van der Waals surface area contributed by atoms with E-state index in [4.69, 9.17) is 0 Å². The van der Waals surface area contributed by atoms with Crippen LogP contribution in [0.1, 0.15) is 31.4 Å². The van der Waals surface area contributed by atoms with Crippen LogP contribution in [0.2, 0.25) is 0 Å². The molecule has 1 aliphatic rings. The van der Waals surface area contributed by atoms with Gasteiger partial charge >= 0.3 is 5.97 Å². The Balaban J connectivity index is 1.59. The Hall–Kier alpha value is -1.86. The number of aromatic nitrogens is 1. The molecule has 5 nitrogen and oxygen atoms in total. The Morgan fingerprint density at radius 2 is 1.86 bits per heavy atom. The highest BCUT2D eigenvalue weighted by molar-refractivity contribution is 7.99. The third kappa shape index (κ3) is 5.58. The number of carboxylic acid groups (broad SMARTS) is 1. The summed E-state index contributed by atoms with van der Waals surface area (Å²) >= 11 is 1.66. The molecule has 1 N–H and O–H groups in total. The van der Waals surface area contributed by atoms with Crippen molar-refractivity contribution in [1.29, 1.82) is 0 Å². The van der Waals surface area contributed by atoms with Gasteiger partial charge in [0.05, 0.1) is 16.6 Å². The summed E-state index contributed by atoms with van der Waals surface area (Å²) in [4.78, 5) is 17.0. The van der Waals surface area contributed by atoms with E-state index in [0.29, 0.717) is 12.8 Å². The van der Waals surface area contributed by atoms with Gasteiger partial charge in [0.15, 0.2) is 9.84 Å². The highest BCUT2D eigenvalue weighted by Gasteiger charge is 2.34. The molecule has 0 radical (unpaired) electrons. The van der Waals surface area contributed by atoms with Crippen LogP contribution in [0.4, 0.5) is 0 Å². The van der Waals surface area contributed by atoms with Gasteiger partial charge < -0.3 is 5.11 Å². The first-order valence-electron chi connectivity index (χ1n) is 9.54. The number of thioether (sulfide) groups is 1. The molecule has 0 aliphatic heterocycles. The molecule has 1 aromatic carbocycles. The third-order valence-corrected chi connectivity index (χ3v) is 8.07. The number of hydrogen-bond donors (Lipinski definition) is 1. The second-order valence-corrected chi connectivity index (χ2v) is 10.4. The van der Waals surface area contributed by atoms with Gasteiger partial charge in [0, 0.05) is 22.5 Å². The SMILES string of the molecule is O=C(O)C1CCCCC1CS(=O)(=O)c1ccc(SCCc2ccccn2)cc1. The van der Waals surface area contributed by atoms with Gasteiger partial charge in [-0.25, -0.2) is 8.42 Å². The van der Waals surface area contributed by atoms with Crippen molar-refractivity contribution in [3.05, 3.63) is 54.4 Å². The molecular formula is C21H25NO4S2. The van der Waals surface area contributed by atoms with E-state index in [0.717, 1.165) is 35.6 Å². The molecule has 1 saturated carbocycles. The average Bonchev–Trinajstić information content (AvgIpc) is 2.69. The molecule has 2 unspecified atom stereocenters. The monoisotopic (exact) mass is 419 g/mol. The molecule has 0 saturated heterocycles. The number of hydrogen-bond acceptors (Lipinski definition) is 5. The lowest BCUT2D eigenvalue weighted by Crippen LogP contribution is -2.32. The largest absolute Gasteiger partial charge is 0.481 e. The van der Waals surface area contributed by atoms with Gasteiger partial charge in [-0.2, -0.15) is 0 Å². The smallest absolute Gasteiger partial charge is 0.306 e. The zero-order chi connectivity index (χ0) is 20.0. The number of nitrogens with zero attached hydrogens (tertiary/aromatic N) is 1. The van der Waals surface area contributed by atoms with Gasteiger partial charge in [-0.1, -0.05) is 18.9 Å². The fourth-order valence-electron chi connectivity index (χ4n) is 3.67. The maximum Gasteiger partial charge on any atom is 0.306 e. The number of sulfone groups is 1. The quantitative estimate of drug-likeness (QED) is 0.649. The first-order chi connectivity index (χ1) is 13.5. The average molecular weight is 420 g/mol. The van der Waals surface area contributed by atoms with E-state index in [2.05, 4.69) is 4.98 Å². The van der Waals surface area contributed by atoms with Crippen molar-refractivity contribution in [1.82, 2.24) is 4.98 Å². The third-order valence-electron chi connectivity index (χ3n) is 5.20. The van der Waals surface area contributed by atoms with E-state index in [-0.39, 0.29) is 16.6 Å². The van der Waals surface area contributed by atoms with Gasteiger partial charge in [0.1, 0.15) is 0 Å². The van der Waals surface area contributed by atoms with Crippen LogP contribution in [0.25, 0.3) is 0 Å². The van der Waals surface area contributed by atoms with E-state index in [1.54, 1.807) is 30.1 Å². The van der Waals surface area contributed by atoms with E-state index in [9.17, 15) is 18.3 Å². The fourth-order valence-corrected chi connectivity index (χ4v) is 6.25. The van der Waals surface area contributed by atoms with Gasteiger partial charge in [0.25, 0.3) is 0 Å². The summed E-state index contributed by atoms with van der Waals surface area (Å²) in [5.74, 6) is -0.949. The van der Waals surface area contributed by atoms with Crippen LogP contribution in [-0.4, -0.2) is 36.0 Å². The van der Waals surface area contributed by atoms with Gasteiger partial charge in [-0.15, -0.1) is 11.8 Å². The predicted octanol–water partition coefficient (Wildman–Crippen LogP) is 4.08. The minimum absolute atomic E-state index is 0.0872. The Labute approximate surface area is 170 Å². The number of carboxylic acids is 1. The molecule has 0 amide bonds. The minimum Gasteiger partial charge on any atom is -0.481 e. The molecule has 0 spiro atoms. The highest BCUT2D eigenvalue weighted by atomic mass is 32.2. The summed E-state index contributed by atoms with van der Waals surface area (Å²) in [7, 11) is -3.49. The standard InChI is InChI=1S/C21H25NO4S2/c23-21(24)20-7-2-1-5-16(20)15-28(25,26)19-10-8-18(9-11-19)27-14-12-17-6-3-4-13-22-17/h3-4,6,8-11,13,16,20H,1-2,5,7,12,14-15H2,(H,23,24). The molecule has 0 bridgehead atoms. The van der Waals surface area contributed by atoms with E-state index < -0.39 is 21.7 Å². The van der Waals surface area contributed by atoms with Crippen LogP contribution in [0.3, 0.4) is 0 Å². The number of benzene rings is 1. The molecule has 2 aromatic rings. The van der Waals surface area contributed by atoms with Crippen molar-refractivity contribution >= 4 is 27.6 Å². The normalized spacial score (nSPS) is 20.0. The molecule has 7 heteroatoms. The summed E-state index contributed by atoms with van der Waals surface area (Å²) in [5.41, 5.74) is 1.04. The summed E-state index contributed by atoms with van der Waals surface area (Å²) in [5, 5.41) is 9.38. The van der Waals surface area contributed by atoms with Crippen molar-refractivity contribution in [3.8, 4) is 0 Å². The first kappa shape index (κ1) is 20.9. The van der Waals surface area contributed by atoms with Crippen LogP contribution >= 0.6 is 11.8 Å². The molecule has 28 heavy (non-hydrogen) atoms. The van der Waals surface area contributed by atoms with Crippen molar-refractivity contribution in [2.75, 3.05) is 11.5 Å². The maximum atomic E-state index is 12.8. The Morgan fingerprint density at radius 1 is 1.11 bits per heavy atom. The number of carbonyl (C=O) groups is 1. The molecule has 2 atom stereocenters.